The van der Waals surface area contributed by atoms with E-state index in [2.05, 4.69) is 15.6 Å². The third-order valence-corrected chi connectivity index (χ3v) is 3.89. The molecular weight excluding hydrogens is 480 g/mol. The first-order valence-corrected chi connectivity index (χ1v) is 8.22. The number of rotatable bonds is 7. The van der Waals surface area contributed by atoms with Gasteiger partial charge in [-0.05, 0) is 17.7 Å². The van der Waals surface area contributed by atoms with Crippen molar-refractivity contribution in [3.05, 3.63) is 47.3 Å². The maximum absolute atomic E-state index is 13.5. The molecule has 0 unspecified atom stereocenters. The van der Waals surface area contributed by atoms with Crippen LogP contribution in [0.3, 0.4) is 0 Å². The number of aliphatic hydroxyl groups is 1. The smallest absolute Gasteiger partial charge is 0.203 e. The summed E-state index contributed by atoms with van der Waals surface area (Å²) in [5.41, 5.74) is 1.75. The second-order valence-corrected chi connectivity index (χ2v) is 5.55. The zero-order valence-corrected chi connectivity index (χ0v) is 18.5. The van der Waals surface area contributed by atoms with Gasteiger partial charge in [-0.2, -0.15) is 0 Å². The first kappa shape index (κ1) is 23.8. The number of nitrogens with zero attached hydrogens (tertiary/aromatic N) is 1. The third kappa shape index (κ3) is 5.86. The van der Waals surface area contributed by atoms with Crippen molar-refractivity contribution >= 4 is 35.6 Å². The van der Waals surface area contributed by atoms with Crippen LogP contribution in [-0.4, -0.2) is 39.4 Å². The van der Waals surface area contributed by atoms with Crippen LogP contribution in [0, 0.1) is 5.82 Å². The molecule has 0 aliphatic rings. The molecular formula is C19H25FIN3O4. The van der Waals surface area contributed by atoms with Gasteiger partial charge >= 0.3 is 0 Å². The van der Waals surface area contributed by atoms with Crippen LogP contribution in [0.25, 0.3) is 0 Å². The van der Waals surface area contributed by atoms with Gasteiger partial charge in [-0.15, -0.1) is 24.0 Å². The molecule has 2 rings (SSSR count). The van der Waals surface area contributed by atoms with Gasteiger partial charge in [-0.25, -0.2) is 4.39 Å². The highest BCUT2D eigenvalue weighted by molar-refractivity contribution is 14.0. The molecule has 3 N–H and O–H groups in total. The second kappa shape index (κ2) is 11.5. The molecule has 0 fully saturated rings. The predicted molar refractivity (Wildman–Crippen MR) is 118 cm³/mol. The van der Waals surface area contributed by atoms with Gasteiger partial charge in [0.25, 0.3) is 0 Å². The average Bonchev–Trinajstić information content (AvgIpc) is 2.70. The molecule has 2 aromatic rings. The minimum atomic E-state index is -0.429. The Balaban J connectivity index is 0.00000392. The molecule has 7 nitrogen and oxygen atoms in total. The fourth-order valence-corrected chi connectivity index (χ4v) is 2.51. The van der Waals surface area contributed by atoms with E-state index in [0.717, 1.165) is 5.56 Å². The summed E-state index contributed by atoms with van der Waals surface area (Å²) in [7, 11) is 6.26. The number of nitrogens with one attached hydrogen (secondary N) is 2. The molecule has 2 aromatic carbocycles. The van der Waals surface area contributed by atoms with Crippen molar-refractivity contribution in [2.24, 2.45) is 4.99 Å². The number of anilines is 1. The van der Waals surface area contributed by atoms with E-state index in [1.54, 1.807) is 45.5 Å². The fourth-order valence-electron chi connectivity index (χ4n) is 2.51. The summed E-state index contributed by atoms with van der Waals surface area (Å²) in [6.45, 7) is 0.0511. The molecule has 0 aromatic heterocycles. The summed E-state index contributed by atoms with van der Waals surface area (Å²) >= 11 is 0. The fraction of sp³-hybridized carbons (Fsp3) is 0.316. The lowest BCUT2D eigenvalue weighted by molar-refractivity contribution is 0.275. The first-order chi connectivity index (χ1) is 13.1. The zero-order valence-electron chi connectivity index (χ0n) is 16.2. The molecule has 0 amide bonds. The van der Waals surface area contributed by atoms with Gasteiger partial charge in [0.1, 0.15) is 5.82 Å². The van der Waals surface area contributed by atoms with Crippen LogP contribution in [-0.2, 0) is 13.2 Å². The summed E-state index contributed by atoms with van der Waals surface area (Å²) in [6, 6.07) is 8.10. The normalized spacial score (nSPS) is 10.7. The number of aliphatic hydroxyl groups excluding tert-OH is 1. The lowest BCUT2D eigenvalue weighted by Gasteiger charge is -2.16. The van der Waals surface area contributed by atoms with Crippen LogP contribution in [0.2, 0.25) is 0 Å². The maximum Gasteiger partial charge on any atom is 0.203 e. The topological polar surface area (TPSA) is 84.3 Å². The highest BCUT2D eigenvalue weighted by Crippen LogP contribution is 2.39. The van der Waals surface area contributed by atoms with Crippen LogP contribution in [0.1, 0.15) is 11.1 Å². The van der Waals surface area contributed by atoms with Gasteiger partial charge < -0.3 is 30.0 Å². The van der Waals surface area contributed by atoms with E-state index in [0.29, 0.717) is 35.4 Å². The van der Waals surface area contributed by atoms with Crippen molar-refractivity contribution in [3.8, 4) is 17.2 Å². The number of guanidine groups is 1. The number of benzene rings is 2. The summed E-state index contributed by atoms with van der Waals surface area (Å²) in [6.07, 6.45) is 0. The minimum Gasteiger partial charge on any atom is -0.493 e. The molecule has 0 spiro atoms. The number of hydrogen-bond acceptors (Lipinski definition) is 5. The Morgan fingerprint density at radius 3 is 2.21 bits per heavy atom. The lowest BCUT2D eigenvalue weighted by atomic mass is 10.1. The van der Waals surface area contributed by atoms with Gasteiger partial charge in [0.05, 0.1) is 27.9 Å². The van der Waals surface area contributed by atoms with E-state index in [9.17, 15) is 9.50 Å². The van der Waals surface area contributed by atoms with Crippen molar-refractivity contribution in [2.45, 2.75) is 13.2 Å². The Bertz CT molecular complexity index is 793. The van der Waals surface area contributed by atoms with Gasteiger partial charge in [0.2, 0.25) is 5.75 Å². The van der Waals surface area contributed by atoms with Crippen molar-refractivity contribution < 1.29 is 23.7 Å². The van der Waals surface area contributed by atoms with E-state index in [1.807, 2.05) is 0 Å². The average molecular weight is 505 g/mol. The monoisotopic (exact) mass is 505 g/mol. The van der Waals surface area contributed by atoms with Crippen molar-refractivity contribution in [3.63, 3.8) is 0 Å². The van der Waals surface area contributed by atoms with E-state index in [1.165, 1.54) is 13.2 Å². The lowest BCUT2D eigenvalue weighted by Crippen LogP contribution is -2.30. The maximum atomic E-state index is 13.5. The van der Waals surface area contributed by atoms with Gasteiger partial charge in [0.15, 0.2) is 17.5 Å². The molecule has 0 radical (unpaired) electrons. The number of ether oxygens (including phenoxy) is 3. The van der Waals surface area contributed by atoms with Crippen LogP contribution >= 0.6 is 24.0 Å². The third-order valence-electron chi connectivity index (χ3n) is 3.89. The Morgan fingerprint density at radius 2 is 1.71 bits per heavy atom. The largest absolute Gasteiger partial charge is 0.493 e. The number of methoxy groups -OCH3 is 3. The summed E-state index contributed by atoms with van der Waals surface area (Å²) in [4.78, 5) is 4.17. The molecule has 0 aliphatic heterocycles. The SMILES string of the molecule is CN=C(NCc1ccc(F)c(CO)c1)Nc1cc(OC)c(OC)c(OC)c1.I. The first-order valence-electron chi connectivity index (χ1n) is 8.22. The van der Waals surface area contributed by atoms with E-state index in [-0.39, 0.29) is 36.1 Å². The van der Waals surface area contributed by atoms with Gasteiger partial charge in [-0.1, -0.05) is 6.07 Å². The molecule has 9 heteroatoms. The Hall–Kier alpha value is -2.27. The number of aliphatic imine (C=N–C) groups is 1. The number of hydrogen-bond donors (Lipinski definition) is 3. The summed E-state index contributed by atoms with van der Waals surface area (Å²) in [5.74, 6) is 1.60. The molecule has 0 atom stereocenters. The van der Waals surface area contributed by atoms with Crippen LogP contribution in [0.4, 0.5) is 10.1 Å². The van der Waals surface area contributed by atoms with Crippen molar-refractivity contribution in [1.82, 2.24) is 5.32 Å². The Morgan fingerprint density at radius 1 is 1.07 bits per heavy atom. The van der Waals surface area contributed by atoms with Crippen LogP contribution < -0.4 is 24.8 Å². The molecule has 0 heterocycles. The second-order valence-electron chi connectivity index (χ2n) is 5.55. The highest BCUT2D eigenvalue weighted by Gasteiger charge is 2.14. The molecule has 0 saturated heterocycles. The predicted octanol–water partition coefficient (Wildman–Crippen LogP) is 3.15. The minimum absolute atomic E-state index is 0. The Labute approximate surface area is 180 Å². The molecule has 0 aliphatic carbocycles. The van der Waals surface area contributed by atoms with Crippen molar-refractivity contribution in [1.29, 1.82) is 0 Å². The summed E-state index contributed by atoms with van der Waals surface area (Å²) < 4.78 is 29.5. The highest BCUT2D eigenvalue weighted by atomic mass is 127. The van der Waals surface area contributed by atoms with E-state index in [4.69, 9.17) is 14.2 Å². The van der Waals surface area contributed by atoms with Crippen LogP contribution in [0.15, 0.2) is 35.3 Å². The summed E-state index contributed by atoms with van der Waals surface area (Å²) in [5, 5.41) is 15.4. The zero-order chi connectivity index (χ0) is 19.8. The molecule has 28 heavy (non-hydrogen) atoms. The van der Waals surface area contributed by atoms with Gasteiger partial charge in [0, 0.05) is 37.0 Å². The standard InChI is InChI=1S/C19H24FN3O4.HI/c1-21-19(22-10-12-5-6-15(20)13(7-12)11-24)23-14-8-16(25-2)18(27-4)17(9-14)26-3;/h5-9,24H,10-11H2,1-4H3,(H2,21,22,23);1H. The Kier molecular flexibility index (Phi) is 9.80. The van der Waals surface area contributed by atoms with Gasteiger partial charge in [-0.3, -0.25) is 4.99 Å². The number of halogens is 2. The van der Waals surface area contributed by atoms with Crippen molar-refractivity contribution in [2.75, 3.05) is 33.7 Å². The molecule has 0 saturated carbocycles. The molecule has 0 bridgehead atoms. The quantitative estimate of drug-likeness (QED) is 0.305. The van der Waals surface area contributed by atoms with E-state index < -0.39 is 5.82 Å². The van der Waals surface area contributed by atoms with Crippen LogP contribution in [0.5, 0.6) is 17.2 Å². The van der Waals surface area contributed by atoms with E-state index >= 15 is 0 Å². The molecule has 154 valence electrons.